The van der Waals surface area contributed by atoms with Crippen molar-refractivity contribution in [2.75, 3.05) is 0 Å². The Balaban J connectivity index is 0.000000195. The van der Waals surface area contributed by atoms with Crippen LogP contribution in [-0.4, -0.2) is 53.1 Å². The van der Waals surface area contributed by atoms with Crippen LogP contribution in [-0.2, 0) is 0 Å². The van der Waals surface area contributed by atoms with Gasteiger partial charge in [-0.2, -0.15) is 0 Å². The molecule has 11 heteroatoms. The van der Waals surface area contributed by atoms with Crippen molar-refractivity contribution >= 4 is 97.9 Å². The Bertz CT molecular complexity index is 1370. The van der Waals surface area contributed by atoms with Crippen molar-refractivity contribution < 1.29 is 20.8 Å². The lowest BCUT2D eigenvalue weighted by molar-refractivity contribution is 0.480. The Morgan fingerprint density at radius 3 is 0.947 bits per heavy atom. The zero-order valence-corrected chi connectivity index (χ0v) is 25.5. The fourth-order valence-electron chi connectivity index (χ4n) is 3.37. The molecule has 7 nitrogen and oxygen atoms in total. The molecular formula is C27H20AlBr3N3O4. The number of phenols is 3. The predicted molar refractivity (Wildman–Crippen MR) is 163 cm³/mol. The van der Waals surface area contributed by atoms with Crippen molar-refractivity contribution in [2.45, 2.75) is 0 Å². The number of nitrogens with zero attached hydrogens (tertiary/aromatic N) is 3. The second kappa shape index (κ2) is 14.4. The van der Waals surface area contributed by atoms with Crippen LogP contribution in [0.1, 0.15) is 0 Å². The van der Waals surface area contributed by atoms with E-state index in [0.29, 0.717) is 16.6 Å². The standard InChI is InChI=1S/3C9H6BrNO.Al.H2O/c3*10-7-3-4-8(12)9-6(7)2-1-5-11-9;;/h3*1-5,12H;;1H2. The number of fused-ring (bicyclic) bond motifs is 3. The lowest BCUT2D eigenvalue weighted by Gasteiger charge is -2.00. The van der Waals surface area contributed by atoms with Gasteiger partial charge in [-0.05, 0) is 54.6 Å². The van der Waals surface area contributed by atoms with Gasteiger partial charge >= 0.3 is 0 Å². The zero-order chi connectivity index (χ0) is 25.7. The highest BCUT2D eigenvalue weighted by Gasteiger charge is 2.04. The zero-order valence-electron chi connectivity index (χ0n) is 19.6. The van der Waals surface area contributed by atoms with Crippen LogP contribution < -0.4 is 0 Å². The maximum atomic E-state index is 9.41. The SMILES string of the molecule is O.Oc1ccc(Br)c2cccnc12.Oc1ccc(Br)c2cccnc12.Oc1ccc(Br)c2cccnc12.[Al]. The van der Waals surface area contributed by atoms with Gasteiger partial charge < -0.3 is 20.8 Å². The summed E-state index contributed by atoms with van der Waals surface area (Å²) >= 11 is 10.1. The van der Waals surface area contributed by atoms with Crippen LogP contribution in [0.2, 0.25) is 0 Å². The number of rotatable bonds is 0. The molecule has 6 rings (SSSR count). The molecule has 0 aliphatic heterocycles. The highest BCUT2D eigenvalue weighted by molar-refractivity contribution is 9.11. The minimum atomic E-state index is 0. The summed E-state index contributed by atoms with van der Waals surface area (Å²) < 4.78 is 2.84. The molecule has 0 aliphatic carbocycles. The molecule has 0 saturated heterocycles. The van der Waals surface area contributed by atoms with Crippen molar-refractivity contribution in [1.82, 2.24) is 15.0 Å². The van der Waals surface area contributed by atoms with Crippen LogP contribution in [0.15, 0.2) is 105 Å². The highest BCUT2D eigenvalue weighted by Crippen LogP contribution is 2.30. The second-order valence-electron chi connectivity index (χ2n) is 7.40. The number of hydrogen-bond acceptors (Lipinski definition) is 6. The largest absolute Gasteiger partial charge is 0.506 e. The van der Waals surface area contributed by atoms with Crippen molar-refractivity contribution in [3.63, 3.8) is 0 Å². The number of phenolic OH excluding ortho intramolecular Hbond substituents is 3. The van der Waals surface area contributed by atoms with E-state index in [1.807, 2.05) is 36.4 Å². The van der Waals surface area contributed by atoms with Gasteiger partial charge in [-0.15, -0.1) is 0 Å². The van der Waals surface area contributed by atoms with E-state index < -0.39 is 0 Å². The average Bonchev–Trinajstić information content (AvgIpc) is 2.92. The van der Waals surface area contributed by atoms with Gasteiger partial charge in [-0.1, -0.05) is 66.0 Å². The van der Waals surface area contributed by atoms with Gasteiger partial charge in [0.1, 0.15) is 33.8 Å². The molecule has 0 atom stereocenters. The number of aromatic hydroxyl groups is 3. The van der Waals surface area contributed by atoms with E-state index in [9.17, 15) is 15.3 Å². The molecule has 0 bridgehead atoms. The molecule has 6 aromatic rings. The molecule has 5 N–H and O–H groups in total. The molecule has 0 amide bonds. The van der Waals surface area contributed by atoms with E-state index in [2.05, 4.69) is 62.7 Å². The van der Waals surface area contributed by atoms with E-state index in [1.54, 1.807) is 55.0 Å². The maximum absolute atomic E-state index is 9.41. The first kappa shape index (κ1) is 31.4. The maximum Gasteiger partial charge on any atom is 0.141 e. The van der Waals surface area contributed by atoms with Crippen molar-refractivity contribution in [3.8, 4) is 17.2 Å². The van der Waals surface area contributed by atoms with Gasteiger partial charge in [0.05, 0.1) is 0 Å². The first-order valence-corrected chi connectivity index (χ1v) is 12.9. The number of benzene rings is 3. The van der Waals surface area contributed by atoms with E-state index >= 15 is 0 Å². The fraction of sp³-hybridized carbons (Fsp3) is 0. The summed E-state index contributed by atoms with van der Waals surface area (Å²) in [6.45, 7) is 0. The minimum absolute atomic E-state index is 0. The molecular weight excluding hydrogens is 697 g/mol. The summed E-state index contributed by atoms with van der Waals surface area (Å²) in [7, 11) is 0. The number of halogens is 3. The molecule has 0 fully saturated rings. The van der Waals surface area contributed by atoms with E-state index in [0.717, 1.165) is 29.6 Å². The normalized spacial score (nSPS) is 9.87. The molecule has 3 aromatic carbocycles. The van der Waals surface area contributed by atoms with Gasteiger partial charge in [0.15, 0.2) is 0 Å². The van der Waals surface area contributed by atoms with Crippen LogP contribution in [0.3, 0.4) is 0 Å². The van der Waals surface area contributed by atoms with Gasteiger partial charge in [-0.25, -0.2) is 0 Å². The third-order valence-electron chi connectivity index (χ3n) is 5.09. The topological polar surface area (TPSA) is 131 Å². The Morgan fingerprint density at radius 2 is 0.711 bits per heavy atom. The molecule has 0 aliphatic rings. The Hall–Kier alpha value is -2.78. The van der Waals surface area contributed by atoms with Gasteiger partial charge in [0.2, 0.25) is 0 Å². The average molecular weight is 717 g/mol. The van der Waals surface area contributed by atoms with Crippen LogP contribution in [0.5, 0.6) is 17.2 Å². The minimum Gasteiger partial charge on any atom is -0.506 e. The second-order valence-corrected chi connectivity index (χ2v) is 9.96. The van der Waals surface area contributed by atoms with E-state index in [4.69, 9.17) is 0 Å². The third-order valence-corrected chi connectivity index (χ3v) is 7.16. The molecule has 191 valence electrons. The van der Waals surface area contributed by atoms with Crippen molar-refractivity contribution in [2.24, 2.45) is 0 Å². The molecule has 3 heterocycles. The lowest BCUT2D eigenvalue weighted by atomic mass is 10.2. The van der Waals surface area contributed by atoms with Crippen LogP contribution in [0, 0.1) is 0 Å². The molecule has 0 saturated carbocycles. The molecule has 3 radical (unpaired) electrons. The fourth-order valence-corrected chi connectivity index (χ4v) is 4.73. The van der Waals surface area contributed by atoms with Crippen molar-refractivity contribution in [3.05, 3.63) is 105 Å². The Kier molecular flexibility index (Phi) is 11.9. The Labute approximate surface area is 254 Å². The highest BCUT2D eigenvalue weighted by atomic mass is 79.9. The number of hydrogen-bond donors (Lipinski definition) is 3. The number of pyridine rings is 3. The summed E-state index contributed by atoms with van der Waals surface area (Å²) in [5.74, 6) is 0.649. The van der Waals surface area contributed by atoms with E-state index in [-0.39, 0.29) is 40.1 Å². The number of aromatic nitrogens is 3. The molecule has 3 aromatic heterocycles. The molecule has 0 spiro atoms. The Morgan fingerprint density at radius 1 is 0.447 bits per heavy atom. The van der Waals surface area contributed by atoms with E-state index in [1.165, 1.54) is 0 Å². The first-order valence-electron chi connectivity index (χ1n) is 10.5. The monoisotopic (exact) mass is 714 g/mol. The third kappa shape index (κ3) is 7.20. The van der Waals surface area contributed by atoms with Gasteiger partial charge in [0.25, 0.3) is 0 Å². The van der Waals surface area contributed by atoms with Crippen LogP contribution >= 0.6 is 47.8 Å². The van der Waals surface area contributed by atoms with Gasteiger partial charge in [0, 0.05) is 65.5 Å². The quantitative estimate of drug-likeness (QED) is 0.147. The van der Waals surface area contributed by atoms with Crippen LogP contribution in [0.25, 0.3) is 32.7 Å². The summed E-state index contributed by atoms with van der Waals surface area (Å²) in [6.07, 6.45) is 4.98. The smallest absolute Gasteiger partial charge is 0.141 e. The predicted octanol–water partition coefficient (Wildman–Crippen LogP) is 6.90. The van der Waals surface area contributed by atoms with Crippen LogP contribution in [0.4, 0.5) is 0 Å². The first-order chi connectivity index (χ1) is 17.4. The summed E-state index contributed by atoms with van der Waals surface area (Å²) in [5.41, 5.74) is 1.89. The summed E-state index contributed by atoms with van der Waals surface area (Å²) in [5, 5.41) is 31.0. The van der Waals surface area contributed by atoms with Gasteiger partial charge in [-0.3, -0.25) is 15.0 Å². The molecule has 38 heavy (non-hydrogen) atoms. The van der Waals surface area contributed by atoms with Crippen molar-refractivity contribution in [1.29, 1.82) is 0 Å². The molecule has 0 unspecified atom stereocenters. The summed E-state index contributed by atoms with van der Waals surface area (Å²) in [6, 6.07) is 21.5. The summed E-state index contributed by atoms with van der Waals surface area (Å²) in [4.78, 5) is 12.2. The lowest BCUT2D eigenvalue weighted by Crippen LogP contribution is -1.79.